The summed E-state index contributed by atoms with van der Waals surface area (Å²) in [6.07, 6.45) is -1.68. The third-order valence-corrected chi connectivity index (χ3v) is 6.69. The molecule has 1 aromatic carbocycles. The number of hydrogen-bond donors (Lipinski definition) is 1. The molecule has 1 unspecified atom stereocenters. The van der Waals surface area contributed by atoms with Crippen LogP contribution in [0, 0.1) is 0 Å². The Morgan fingerprint density at radius 3 is 2.55 bits per heavy atom. The van der Waals surface area contributed by atoms with Gasteiger partial charge in [0.15, 0.2) is 15.5 Å². The summed E-state index contributed by atoms with van der Waals surface area (Å²) in [6.45, 7) is -0.411. The Labute approximate surface area is 173 Å². The number of alkyl halides is 3. The summed E-state index contributed by atoms with van der Waals surface area (Å²) in [5.74, 6) is -0.665. The molecule has 0 radical (unpaired) electrons. The number of fused-ring (bicyclic) bond motifs is 1. The van der Waals surface area contributed by atoms with Gasteiger partial charge in [0.25, 0.3) is 5.56 Å². The minimum absolute atomic E-state index is 0.0419. The van der Waals surface area contributed by atoms with Crippen molar-refractivity contribution in [2.45, 2.75) is 25.2 Å². The van der Waals surface area contributed by atoms with Crippen LogP contribution < -0.4 is 10.9 Å². The molecule has 31 heavy (non-hydrogen) atoms. The van der Waals surface area contributed by atoms with Gasteiger partial charge in [-0.05, 0) is 30.7 Å². The van der Waals surface area contributed by atoms with Crippen LogP contribution in [0.2, 0.25) is 0 Å². The number of amides is 1. The van der Waals surface area contributed by atoms with Gasteiger partial charge in [0.1, 0.15) is 18.3 Å². The van der Waals surface area contributed by atoms with Crippen molar-refractivity contribution in [3.05, 3.63) is 52.7 Å². The van der Waals surface area contributed by atoms with Crippen LogP contribution in [-0.2, 0) is 27.4 Å². The Morgan fingerprint density at radius 1 is 1.23 bits per heavy atom. The molecule has 0 aliphatic carbocycles. The van der Waals surface area contributed by atoms with Crippen molar-refractivity contribution >= 4 is 32.5 Å². The predicted octanol–water partition coefficient (Wildman–Crippen LogP) is 1.61. The highest BCUT2D eigenvalue weighted by molar-refractivity contribution is 7.91. The summed E-state index contributed by atoms with van der Waals surface area (Å²) in [7, 11) is -3.15. The Morgan fingerprint density at radius 2 is 1.94 bits per heavy atom. The van der Waals surface area contributed by atoms with Crippen LogP contribution in [0.4, 0.5) is 18.9 Å². The summed E-state index contributed by atoms with van der Waals surface area (Å²) >= 11 is 0. The van der Waals surface area contributed by atoms with E-state index in [1.54, 1.807) is 0 Å². The number of carbonyl (C=O) groups excluding carboxylic acids is 1. The molecular weight excluding hydrogens is 439 g/mol. The standard InChI is InChI=1S/C18H16F3N5O4S/c19-18(20,21)11-1-3-12(4-2-11)24-15(27)8-25-10-22-16-14(17(25)28)7-23-26(16)13-5-6-31(29,30)9-13/h1-4,7,10,13H,5-6,8-9H2,(H,24,27). The number of halogens is 3. The fourth-order valence-electron chi connectivity index (χ4n) is 3.41. The van der Waals surface area contributed by atoms with E-state index < -0.39 is 45.6 Å². The van der Waals surface area contributed by atoms with Crippen molar-refractivity contribution < 1.29 is 26.4 Å². The van der Waals surface area contributed by atoms with Crippen LogP contribution in [0.3, 0.4) is 0 Å². The molecule has 13 heteroatoms. The van der Waals surface area contributed by atoms with Gasteiger partial charge in [-0.2, -0.15) is 18.3 Å². The van der Waals surface area contributed by atoms with Crippen LogP contribution in [-0.4, -0.2) is 45.2 Å². The van der Waals surface area contributed by atoms with Crippen molar-refractivity contribution in [2.24, 2.45) is 0 Å². The molecule has 9 nitrogen and oxygen atoms in total. The third kappa shape index (κ3) is 4.31. The van der Waals surface area contributed by atoms with Gasteiger partial charge in [-0.1, -0.05) is 0 Å². The van der Waals surface area contributed by atoms with Gasteiger partial charge in [-0.15, -0.1) is 0 Å². The molecule has 1 atom stereocenters. The van der Waals surface area contributed by atoms with Crippen LogP contribution in [0.25, 0.3) is 11.0 Å². The van der Waals surface area contributed by atoms with Crippen molar-refractivity contribution in [1.29, 1.82) is 0 Å². The van der Waals surface area contributed by atoms with E-state index in [4.69, 9.17) is 0 Å². The van der Waals surface area contributed by atoms with Gasteiger partial charge in [0.05, 0.1) is 29.3 Å². The molecule has 3 aromatic rings. The second-order valence-electron chi connectivity index (χ2n) is 7.18. The lowest BCUT2D eigenvalue weighted by atomic mass is 10.2. The molecule has 3 heterocycles. The topological polar surface area (TPSA) is 116 Å². The summed E-state index contributed by atoms with van der Waals surface area (Å²) in [6, 6.07) is 3.50. The maximum Gasteiger partial charge on any atom is 0.416 e. The first-order chi connectivity index (χ1) is 14.5. The lowest BCUT2D eigenvalue weighted by molar-refractivity contribution is -0.137. The molecule has 2 aromatic heterocycles. The number of sulfone groups is 1. The zero-order chi connectivity index (χ0) is 22.4. The molecule has 1 amide bonds. The lowest BCUT2D eigenvalue weighted by Crippen LogP contribution is -2.28. The van der Waals surface area contributed by atoms with E-state index in [9.17, 15) is 31.2 Å². The van der Waals surface area contributed by atoms with Crippen molar-refractivity contribution in [3.63, 3.8) is 0 Å². The highest BCUT2D eigenvalue weighted by atomic mass is 32.2. The van der Waals surface area contributed by atoms with Crippen molar-refractivity contribution in [1.82, 2.24) is 19.3 Å². The van der Waals surface area contributed by atoms with E-state index in [1.165, 1.54) is 10.9 Å². The average Bonchev–Trinajstić information content (AvgIpc) is 3.27. The molecule has 1 aliphatic rings. The minimum Gasteiger partial charge on any atom is -0.325 e. The molecule has 1 N–H and O–H groups in total. The summed E-state index contributed by atoms with van der Waals surface area (Å²) < 4.78 is 63.7. The largest absolute Gasteiger partial charge is 0.416 e. The second-order valence-corrected chi connectivity index (χ2v) is 9.41. The maximum absolute atomic E-state index is 12.7. The van der Waals surface area contributed by atoms with Gasteiger partial charge in [-0.25, -0.2) is 18.1 Å². The molecule has 1 fully saturated rings. The monoisotopic (exact) mass is 455 g/mol. The first-order valence-corrected chi connectivity index (χ1v) is 11.0. The highest BCUT2D eigenvalue weighted by Gasteiger charge is 2.31. The lowest BCUT2D eigenvalue weighted by Gasteiger charge is -2.11. The van der Waals surface area contributed by atoms with Crippen LogP contribution in [0.1, 0.15) is 18.0 Å². The van der Waals surface area contributed by atoms with Crippen LogP contribution in [0.15, 0.2) is 41.6 Å². The summed E-state index contributed by atoms with van der Waals surface area (Å²) in [5, 5.41) is 6.66. The first kappa shape index (κ1) is 21.0. The molecule has 0 spiro atoms. The second kappa shape index (κ2) is 7.48. The quantitative estimate of drug-likeness (QED) is 0.639. The molecule has 0 bridgehead atoms. The molecule has 1 aliphatic heterocycles. The molecular formula is C18H16F3N5O4S. The fraction of sp³-hybridized carbons (Fsp3) is 0.333. The molecule has 1 saturated heterocycles. The molecule has 4 rings (SSSR count). The van der Waals surface area contributed by atoms with E-state index in [2.05, 4.69) is 15.4 Å². The minimum atomic E-state index is -4.48. The Kier molecular flexibility index (Phi) is 5.07. The Balaban J connectivity index is 1.51. The van der Waals surface area contributed by atoms with Gasteiger partial charge in [-0.3, -0.25) is 14.2 Å². The zero-order valence-electron chi connectivity index (χ0n) is 15.8. The van der Waals surface area contributed by atoms with Gasteiger partial charge < -0.3 is 5.32 Å². The normalized spacial score (nSPS) is 18.4. The number of benzene rings is 1. The van der Waals surface area contributed by atoms with E-state index in [0.29, 0.717) is 6.42 Å². The number of nitrogens with zero attached hydrogens (tertiary/aromatic N) is 4. The Bertz CT molecular complexity index is 1310. The number of carbonyl (C=O) groups is 1. The summed E-state index contributed by atoms with van der Waals surface area (Å²) in [4.78, 5) is 29.1. The van der Waals surface area contributed by atoms with Crippen LogP contribution in [0.5, 0.6) is 0 Å². The van der Waals surface area contributed by atoms with Crippen LogP contribution >= 0.6 is 0 Å². The number of anilines is 1. The average molecular weight is 455 g/mol. The van der Waals surface area contributed by atoms with E-state index in [1.807, 2.05) is 0 Å². The molecule has 0 saturated carbocycles. The smallest absolute Gasteiger partial charge is 0.325 e. The van der Waals surface area contributed by atoms with Gasteiger partial charge in [0, 0.05) is 5.69 Å². The highest BCUT2D eigenvalue weighted by Crippen LogP contribution is 2.30. The number of nitrogens with one attached hydrogen (secondary N) is 1. The number of hydrogen-bond acceptors (Lipinski definition) is 6. The van der Waals surface area contributed by atoms with E-state index in [0.717, 1.165) is 35.2 Å². The third-order valence-electron chi connectivity index (χ3n) is 4.94. The van der Waals surface area contributed by atoms with Gasteiger partial charge >= 0.3 is 6.18 Å². The zero-order valence-corrected chi connectivity index (χ0v) is 16.7. The first-order valence-electron chi connectivity index (χ1n) is 9.14. The van der Waals surface area contributed by atoms with E-state index >= 15 is 0 Å². The van der Waals surface area contributed by atoms with E-state index in [-0.39, 0.29) is 28.2 Å². The predicted molar refractivity (Wildman–Crippen MR) is 104 cm³/mol. The number of aromatic nitrogens is 4. The van der Waals surface area contributed by atoms with Crippen molar-refractivity contribution in [3.8, 4) is 0 Å². The summed E-state index contributed by atoms with van der Waals surface area (Å²) in [5.41, 5.74) is -1.01. The SMILES string of the molecule is O=C(Cn1cnc2c(cnn2C2CCS(=O)(=O)C2)c1=O)Nc1ccc(C(F)(F)F)cc1. The maximum atomic E-state index is 12.7. The van der Waals surface area contributed by atoms with Gasteiger partial charge in [0.2, 0.25) is 5.91 Å². The fourth-order valence-corrected chi connectivity index (χ4v) is 5.10. The molecule has 164 valence electrons. The number of rotatable bonds is 4. The van der Waals surface area contributed by atoms with Crippen molar-refractivity contribution in [2.75, 3.05) is 16.8 Å². The Hall–Kier alpha value is -3.22.